The van der Waals surface area contributed by atoms with Crippen LogP contribution in [0.3, 0.4) is 0 Å². The van der Waals surface area contributed by atoms with E-state index in [-0.39, 0.29) is 6.03 Å². The predicted octanol–water partition coefficient (Wildman–Crippen LogP) is -0.284. The lowest BCUT2D eigenvalue weighted by Crippen LogP contribution is -2.77. The van der Waals surface area contributed by atoms with Gasteiger partial charge in [0.25, 0.3) is 0 Å². The molecule has 2 aliphatic rings. The molecule has 4 nitrogen and oxygen atoms in total. The smallest absolute Gasteiger partial charge is 0.319 e. The standard InChI is InChI=1S/C8H15N3O/c1-10(2)7(12)11-5-8(6-11)3-4-9-8/h9H,3-6H2,1-2H3. The van der Waals surface area contributed by atoms with Crippen LogP contribution in [0.2, 0.25) is 0 Å². The highest BCUT2D eigenvalue weighted by molar-refractivity contribution is 5.75. The second-order valence-corrected chi connectivity index (χ2v) is 3.99. The highest BCUT2D eigenvalue weighted by Gasteiger charge is 2.49. The molecule has 68 valence electrons. The van der Waals surface area contributed by atoms with Gasteiger partial charge in [-0.05, 0) is 13.0 Å². The van der Waals surface area contributed by atoms with Crippen LogP contribution >= 0.6 is 0 Å². The van der Waals surface area contributed by atoms with E-state index in [0.29, 0.717) is 5.54 Å². The summed E-state index contributed by atoms with van der Waals surface area (Å²) in [5, 5.41) is 3.37. The number of nitrogens with one attached hydrogen (secondary N) is 1. The minimum absolute atomic E-state index is 0.134. The highest BCUT2D eigenvalue weighted by atomic mass is 16.2. The summed E-state index contributed by atoms with van der Waals surface area (Å²) in [6.07, 6.45) is 1.23. The number of nitrogens with zero attached hydrogens (tertiary/aromatic N) is 2. The van der Waals surface area contributed by atoms with Crippen LogP contribution in [0.1, 0.15) is 6.42 Å². The molecule has 2 rings (SSSR count). The van der Waals surface area contributed by atoms with Crippen molar-refractivity contribution in [2.45, 2.75) is 12.0 Å². The summed E-state index contributed by atoms with van der Waals surface area (Å²) in [4.78, 5) is 14.9. The van der Waals surface area contributed by atoms with Crippen LogP contribution in [-0.2, 0) is 0 Å². The fraction of sp³-hybridized carbons (Fsp3) is 0.875. The monoisotopic (exact) mass is 169 g/mol. The van der Waals surface area contributed by atoms with Crippen molar-refractivity contribution in [3.8, 4) is 0 Å². The largest absolute Gasteiger partial charge is 0.331 e. The van der Waals surface area contributed by atoms with Gasteiger partial charge in [-0.25, -0.2) is 4.79 Å². The maximum atomic E-state index is 11.4. The molecule has 4 heteroatoms. The quantitative estimate of drug-likeness (QED) is 0.541. The normalized spacial score (nSPS) is 24.7. The summed E-state index contributed by atoms with van der Waals surface area (Å²) < 4.78 is 0. The number of carbonyl (C=O) groups is 1. The highest BCUT2D eigenvalue weighted by Crippen LogP contribution is 2.30. The van der Waals surface area contributed by atoms with E-state index in [9.17, 15) is 4.79 Å². The van der Waals surface area contributed by atoms with Crippen molar-refractivity contribution >= 4 is 6.03 Å². The Hall–Kier alpha value is -0.770. The maximum Gasteiger partial charge on any atom is 0.319 e. The number of rotatable bonds is 0. The lowest BCUT2D eigenvalue weighted by atomic mass is 9.80. The van der Waals surface area contributed by atoms with Gasteiger partial charge in [0.15, 0.2) is 0 Å². The molecule has 12 heavy (non-hydrogen) atoms. The summed E-state index contributed by atoms with van der Waals surface area (Å²) in [6.45, 7) is 2.90. The molecule has 0 bridgehead atoms. The first-order valence-corrected chi connectivity index (χ1v) is 4.34. The average molecular weight is 169 g/mol. The predicted molar refractivity (Wildman–Crippen MR) is 46.0 cm³/mol. The first-order chi connectivity index (χ1) is 5.63. The first kappa shape index (κ1) is 7.86. The minimum atomic E-state index is 0.134. The van der Waals surface area contributed by atoms with Gasteiger partial charge in [0, 0.05) is 27.2 Å². The average Bonchev–Trinajstić information content (AvgIpc) is 1.80. The summed E-state index contributed by atoms with van der Waals surface area (Å²) in [6, 6.07) is 0.134. The molecule has 0 atom stereocenters. The maximum absolute atomic E-state index is 11.4. The van der Waals surface area contributed by atoms with Crippen LogP contribution < -0.4 is 5.32 Å². The number of hydrogen-bond acceptors (Lipinski definition) is 2. The van der Waals surface area contributed by atoms with Gasteiger partial charge < -0.3 is 15.1 Å². The second-order valence-electron chi connectivity index (χ2n) is 3.99. The summed E-state index contributed by atoms with van der Waals surface area (Å²) in [5.41, 5.74) is 0.311. The molecular weight excluding hydrogens is 154 g/mol. The molecule has 0 radical (unpaired) electrons. The topological polar surface area (TPSA) is 35.6 Å². The Morgan fingerprint density at radius 2 is 2.08 bits per heavy atom. The van der Waals surface area contributed by atoms with Crippen LogP contribution in [0.15, 0.2) is 0 Å². The molecule has 0 aromatic rings. The van der Waals surface area contributed by atoms with Crippen molar-refractivity contribution in [3.05, 3.63) is 0 Å². The van der Waals surface area contributed by atoms with E-state index in [4.69, 9.17) is 0 Å². The molecule has 2 fully saturated rings. The molecule has 1 spiro atoms. The van der Waals surface area contributed by atoms with Crippen molar-refractivity contribution in [2.75, 3.05) is 33.7 Å². The van der Waals surface area contributed by atoms with Gasteiger partial charge in [0.1, 0.15) is 0 Å². The summed E-state index contributed by atoms with van der Waals surface area (Å²) >= 11 is 0. The van der Waals surface area contributed by atoms with Crippen molar-refractivity contribution < 1.29 is 4.79 Å². The van der Waals surface area contributed by atoms with Gasteiger partial charge in [-0.15, -0.1) is 0 Å². The van der Waals surface area contributed by atoms with E-state index in [1.54, 1.807) is 19.0 Å². The summed E-state index contributed by atoms with van der Waals surface area (Å²) in [7, 11) is 3.59. The van der Waals surface area contributed by atoms with Gasteiger partial charge in [-0.3, -0.25) is 0 Å². The third-order valence-corrected chi connectivity index (χ3v) is 2.74. The van der Waals surface area contributed by atoms with E-state index < -0.39 is 0 Å². The van der Waals surface area contributed by atoms with Crippen LogP contribution in [0, 0.1) is 0 Å². The van der Waals surface area contributed by atoms with Gasteiger partial charge in [-0.1, -0.05) is 0 Å². The number of hydrogen-bond donors (Lipinski definition) is 1. The Morgan fingerprint density at radius 1 is 1.50 bits per heavy atom. The third kappa shape index (κ3) is 0.982. The molecule has 0 unspecified atom stereocenters. The van der Waals surface area contributed by atoms with Crippen LogP contribution in [-0.4, -0.2) is 55.1 Å². The van der Waals surface area contributed by atoms with Gasteiger partial charge in [-0.2, -0.15) is 0 Å². The zero-order valence-corrected chi connectivity index (χ0v) is 7.63. The Labute approximate surface area is 72.5 Å². The van der Waals surface area contributed by atoms with Crippen LogP contribution in [0.25, 0.3) is 0 Å². The van der Waals surface area contributed by atoms with Crippen molar-refractivity contribution in [1.29, 1.82) is 0 Å². The number of amides is 2. The lowest BCUT2D eigenvalue weighted by Gasteiger charge is -2.56. The van der Waals surface area contributed by atoms with E-state index in [0.717, 1.165) is 19.6 Å². The van der Waals surface area contributed by atoms with E-state index in [2.05, 4.69) is 5.32 Å². The number of urea groups is 1. The van der Waals surface area contributed by atoms with E-state index in [1.165, 1.54) is 6.42 Å². The molecule has 0 aromatic carbocycles. The fourth-order valence-corrected chi connectivity index (χ4v) is 1.85. The van der Waals surface area contributed by atoms with Crippen molar-refractivity contribution in [2.24, 2.45) is 0 Å². The summed E-state index contributed by atoms with van der Waals surface area (Å²) in [5.74, 6) is 0. The molecule has 2 aliphatic heterocycles. The molecule has 1 N–H and O–H groups in total. The van der Waals surface area contributed by atoms with Crippen LogP contribution in [0.5, 0.6) is 0 Å². The Bertz CT molecular complexity index is 202. The number of likely N-dealkylation sites (tertiary alicyclic amines) is 1. The van der Waals surface area contributed by atoms with Gasteiger partial charge in [0.2, 0.25) is 0 Å². The van der Waals surface area contributed by atoms with Crippen LogP contribution in [0.4, 0.5) is 4.79 Å². The second kappa shape index (κ2) is 2.36. The molecule has 0 aromatic heterocycles. The Kier molecular flexibility index (Phi) is 1.54. The zero-order valence-electron chi connectivity index (χ0n) is 7.63. The minimum Gasteiger partial charge on any atom is -0.331 e. The molecule has 0 aliphatic carbocycles. The zero-order chi connectivity index (χ0) is 8.77. The SMILES string of the molecule is CN(C)C(=O)N1CC2(CCN2)C1. The molecule has 0 saturated carbocycles. The van der Waals surface area contributed by atoms with Crippen molar-refractivity contribution in [3.63, 3.8) is 0 Å². The fourth-order valence-electron chi connectivity index (χ4n) is 1.85. The lowest BCUT2D eigenvalue weighted by molar-refractivity contribution is 0.0139. The Balaban J connectivity index is 1.84. The molecule has 2 saturated heterocycles. The molecular formula is C8H15N3O. The third-order valence-electron chi connectivity index (χ3n) is 2.74. The van der Waals surface area contributed by atoms with Crippen molar-refractivity contribution in [1.82, 2.24) is 15.1 Å². The van der Waals surface area contributed by atoms with E-state index in [1.807, 2.05) is 4.90 Å². The van der Waals surface area contributed by atoms with E-state index >= 15 is 0 Å². The molecule has 2 amide bonds. The van der Waals surface area contributed by atoms with Gasteiger partial charge >= 0.3 is 6.03 Å². The molecule has 2 heterocycles. The number of carbonyl (C=O) groups excluding carboxylic acids is 1. The van der Waals surface area contributed by atoms with Gasteiger partial charge in [0.05, 0.1) is 5.54 Å². The first-order valence-electron chi connectivity index (χ1n) is 4.34. The Morgan fingerprint density at radius 3 is 2.42 bits per heavy atom.